The molecule has 4 rings (SSSR count). The Kier molecular flexibility index (Phi) is 6.02. The zero-order valence-electron chi connectivity index (χ0n) is 18.4. The van der Waals surface area contributed by atoms with Crippen LogP contribution in [0.3, 0.4) is 0 Å². The van der Waals surface area contributed by atoms with E-state index in [9.17, 15) is 14.4 Å². The fraction of sp³-hybridized carbons (Fsp3) is 0.455. The van der Waals surface area contributed by atoms with Crippen LogP contribution in [-0.2, 0) is 9.59 Å². The Morgan fingerprint density at radius 3 is 2.62 bits per heavy atom. The highest BCUT2D eigenvalue weighted by Crippen LogP contribution is 2.33. The Morgan fingerprint density at radius 2 is 1.94 bits per heavy atom. The topological polar surface area (TPSA) is 126 Å². The maximum atomic E-state index is 13.1. The molecule has 3 heterocycles. The first-order valence-electron chi connectivity index (χ1n) is 10.6. The van der Waals surface area contributed by atoms with Crippen molar-refractivity contribution in [3.05, 3.63) is 34.1 Å². The summed E-state index contributed by atoms with van der Waals surface area (Å²) in [5.41, 5.74) is 0.104. The third-order valence-corrected chi connectivity index (χ3v) is 6.00. The van der Waals surface area contributed by atoms with Crippen molar-refractivity contribution in [2.24, 2.45) is 5.92 Å². The largest absolute Gasteiger partial charge is 0.497 e. The second-order valence-electron chi connectivity index (χ2n) is 8.18. The van der Waals surface area contributed by atoms with E-state index in [1.807, 2.05) is 4.90 Å². The average molecular weight is 441 g/mol. The van der Waals surface area contributed by atoms with Crippen LogP contribution in [0.2, 0.25) is 0 Å². The fourth-order valence-electron chi connectivity index (χ4n) is 4.09. The lowest BCUT2D eigenvalue weighted by molar-refractivity contribution is -0.123. The van der Waals surface area contributed by atoms with Crippen LogP contribution in [0.4, 0.5) is 17.5 Å². The first-order valence-corrected chi connectivity index (χ1v) is 10.6. The zero-order chi connectivity index (χ0) is 22.8. The van der Waals surface area contributed by atoms with Gasteiger partial charge in [-0.05, 0) is 30.9 Å². The van der Waals surface area contributed by atoms with Gasteiger partial charge < -0.3 is 25.0 Å². The number of ether oxygens (including phenoxy) is 2. The average Bonchev–Trinajstić information content (AvgIpc) is 2.78. The Balaban J connectivity index is 1.64. The highest BCUT2D eigenvalue weighted by molar-refractivity contribution is 6.05. The van der Waals surface area contributed by atoms with Gasteiger partial charge in [0.15, 0.2) is 0 Å². The molecule has 2 aliphatic heterocycles. The second kappa shape index (κ2) is 8.89. The number of nitrogens with zero attached hydrogens (tertiary/aromatic N) is 2. The van der Waals surface area contributed by atoms with Crippen molar-refractivity contribution in [3.8, 4) is 11.5 Å². The molecule has 2 aliphatic rings. The van der Waals surface area contributed by atoms with Crippen LogP contribution in [0.1, 0.15) is 37.7 Å². The Hall–Kier alpha value is -3.56. The van der Waals surface area contributed by atoms with Gasteiger partial charge >= 0.3 is 0 Å². The molecule has 0 bridgehead atoms. The molecule has 10 heteroatoms. The van der Waals surface area contributed by atoms with Crippen molar-refractivity contribution in [2.75, 3.05) is 42.8 Å². The molecule has 0 aliphatic carbocycles. The summed E-state index contributed by atoms with van der Waals surface area (Å²) in [7, 11) is 3.00. The maximum absolute atomic E-state index is 13.1. The summed E-state index contributed by atoms with van der Waals surface area (Å²) >= 11 is 0. The number of carbonyl (C=O) groups excluding carboxylic acids is 2. The van der Waals surface area contributed by atoms with Gasteiger partial charge in [0.2, 0.25) is 17.8 Å². The lowest BCUT2D eigenvalue weighted by Gasteiger charge is -2.31. The van der Waals surface area contributed by atoms with Crippen LogP contribution in [0.25, 0.3) is 0 Å². The molecule has 0 saturated carbocycles. The van der Waals surface area contributed by atoms with E-state index in [4.69, 9.17) is 9.47 Å². The van der Waals surface area contributed by atoms with Gasteiger partial charge in [-0.2, -0.15) is 4.98 Å². The number of hydrogen-bond acceptors (Lipinski definition) is 7. The van der Waals surface area contributed by atoms with Gasteiger partial charge in [-0.3, -0.25) is 19.4 Å². The van der Waals surface area contributed by atoms with Crippen molar-refractivity contribution in [1.29, 1.82) is 0 Å². The molecule has 10 nitrogen and oxygen atoms in total. The molecule has 2 aromatic rings. The SMILES string of the molecule is COc1ccc(OC)c(NC(=O)[C@H]2CC(=O)Nc3nc(N4CCC(C)CC4)[nH]c(=O)c32)c1. The normalized spacial score (nSPS) is 18.5. The minimum atomic E-state index is -0.985. The number of amides is 2. The monoisotopic (exact) mass is 441 g/mol. The van der Waals surface area contributed by atoms with Crippen molar-refractivity contribution < 1.29 is 19.1 Å². The third-order valence-electron chi connectivity index (χ3n) is 6.00. The minimum absolute atomic E-state index is 0.136. The van der Waals surface area contributed by atoms with Crippen LogP contribution in [0.15, 0.2) is 23.0 Å². The summed E-state index contributed by atoms with van der Waals surface area (Å²) in [5.74, 6) is 0.279. The lowest BCUT2D eigenvalue weighted by Crippen LogP contribution is -2.39. The van der Waals surface area contributed by atoms with Crippen molar-refractivity contribution in [1.82, 2.24) is 9.97 Å². The molecular formula is C22H27N5O5. The predicted octanol–water partition coefficient (Wildman–Crippen LogP) is 2.09. The van der Waals surface area contributed by atoms with E-state index in [1.165, 1.54) is 14.2 Å². The predicted molar refractivity (Wildman–Crippen MR) is 120 cm³/mol. The number of H-pyrrole nitrogens is 1. The number of carbonyl (C=O) groups is 2. The number of aromatic amines is 1. The van der Waals surface area contributed by atoms with Gasteiger partial charge in [-0.1, -0.05) is 6.92 Å². The quantitative estimate of drug-likeness (QED) is 0.649. The van der Waals surface area contributed by atoms with Crippen LogP contribution in [0, 0.1) is 5.92 Å². The van der Waals surface area contributed by atoms with Gasteiger partial charge in [0, 0.05) is 25.6 Å². The van der Waals surface area contributed by atoms with Gasteiger partial charge in [0.05, 0.1) is 31.4 Å². The molecule has 1 aromatic heterocycles. The van der Waals surface area contributed by atoms with Crippen LogP contribution in [0.5, 0.6) is 11.5 Å². The van der Waals surface area contributed by atoms with Gasteiger partial charge in [0.1, 0.15) is 17.3 Å². The van der Waals surface area contributed by atoms with E-state index in [-0.39, 0.29) is 23.7 Å². The molecule has 1 atom stereocenters. The Bertz CT molecular complexity index is 1090. The molecule has 1 aromatic carbocycles. The minimum Gasteiger partial charge on any atom is -0.497 e. The number of aromatic nitrogens is 2. The molecule has 1 fully saturated rings. The number of hydrogen-bond donors (Lipinski definition) is 3. The van der Waals surface area contributed by atoms with E-state index < -0.39 is 17.4 Å². The molecule has 0 spiro atoms. The summed E-state index contributed by atoms with van der Waals surface area (Å²) in [5, 5.41) is 5.42. The smallest absolute Gasteiger partial charge is 0.258 e. The van der Waals surface area contributed by atoms with Gasteiger partial charge in [0.25, 0.3) is 5.56 Å². The van der Waals surface area contributed by atoms with E-state index in [2.05, 4.69) is 27.5 Å². The lowest BCUT2D eigenvalue weighted by atomic mass is 9.92. The number of benzene rings is 1. The molecule has 0 unspecified atom stereocenters. The number of methoxy groups -OCH3 is 2. The number of rotatable bonds is 5. The van der Waals surface area contributed by atoms with Gasteiger partial charge in [-0.25, -0.2) is 0 Å². The van der Waals surface area contributed by atoms with Crippen LogP contribution >= 0.6 is 0 Å². The van der Waals surface area contributed by atoms with Gasteiger partial charge in [-0.15, -0.1) is 0 Å². The van der Waals surface area contributed by atoms with E-state index >= 15 is 0 Å². The Morgan fingerprint density at radius 1 is 1.19 bits per heavy atom. The third kappa shape index (κ3) is 4.25. The number of nitrogens with one attached hydrogen (secondary N) is 3. The summed E-state index contributed by atoms with van der Waals surface area (Å²) in [4.78, 5) is 47.8. The number of anilines is 3. The molecule has 170 valence electrons. The first kappa shape index (κ1) is 21.7. The summed E-state index contributed by atoms with van der Waals surface area (Å²) < 4.78 is 10.5. The second-order valence-corrected chi connectivity index (χ2v) is 8.18. The Labute approximate surface area is 185 Å². The molecule has 2 amide bonds. The highest BCUT2D eigenvalue weighted by atomic mass is 16.5. The van der Waals surface area contributed by atoms with E-state index in [1.54, 1.807) is 18.2 Å². The molecular weight excluding hydrogens is 414 g/mol. The summed E-state index contributed by atoms with van der Waals surface area (Å²) in [6.45, 7) is 3.74. The number of piperidine rings is 1. The molecule has 3 N–H and O–H groups in total. The number of fused-ring (bicyclic) bond motifs is 1. The maximum Gasteiger partial charge on any atom is 0.258 e. The van der Waals surface area contributed by atoms with E-state index in [0.717, 1.165) is 25.9 Å². The first-order chi connectivity index (χ1) is 15.4. The molecule has 32 heavy (non-hydrogen) atoms. The molecule has 1 saturated heterocycles. The fourth-order valence-corrected chi connectivity index (χ4v) is 4.09. The standard InChI is InChI=1S/C22H27N5O5/c1-12-6-8-27(9-7-12)22-25-19-18(21(30)26-22)14(11-17(28)24-19)20(29)23-15-10-13(31-2)4-5-16(15)32-3/h4-5,10,12,14H,6-9,11H2,1-3H3,(H,23,29)(H2,24,25,26,28,30)/t14-/m0/s1. The molecule has 0 radical (unpaired) electrons. The van der Waals surface area contributed by atoms with Crippen molar-refractivity contribution >= 4 is 29.3 Å². The van der Waals surface area contributed by atoms with Crippen molar-refractivity contribution in [2.45, 2.75) is 32.1 Å². The highest BCUT2D eigenvalue weighted by Gasteiger charge is 2.35. The van der Waals surface area contributed by atoms with Crippen LogP contribution < -0.4 is 30.6 Å². The van der Waals surface area contributed by atoms with E-state index in [0.29, 0.717) is 29.1 Å². The summed E-state index contributed by atoms with van der Waals surface area (Å²) in [6.07, 6.45) is 1.84. The zero-order valence-corrected chi connectivity index (χ0v) is 18.4. The summed E-state index contributed by atoms with van der Waals surface area (Å²) in [6, 6.07) is 4.98. The van der Waals surface area contributed by atoms with Crippen LogP contribution in [-0.4, -0.2) is 49.1 Å². The van der Waals surface area contributed by atoms with Crippen molar-refractivity contribution in [3.63, 3.8) is 0 Å².